The van der Waals surface area contributed by atoms with Crippen LogP contribution >= 0.6 is 7.82 Å². The van der Waals surface area contributed by atoms with E-state index in [-0.39, 0.29) is 0 Å². The van der Waals surface area contributed by atoms with Crippen LogP contribution in [0.1, 0.15) is 13.8 Å². The monoisotopic (exact) mass is 184 g/mol. The molecule has 0 saturated carbocycles. The highest BCUT2D eigenvalue weighted by atomic mass is 31.2. The molecule has 0 aromatic carbocycles. The van der Waals surface area contributed by atoms with Gasteiger partial charge in [0.05, 0.1) is 0 Å². The summed E-state index contributed by atoms with van der Waals surface area (Å²) in [6, 6.07) is 0. The van der Waals surface area contributed by atoms with Crippen molar-refractivity contribution in [2.45, 2.75) is 26.3 Å². The van der Waals surface area contributed by atoms with E-state index < -0.39 is 20.3 Å². The second-order valence-corrected chi connectivity index (χ2v) is 3.45. The van der Waals surface area contributed by atoms with E-state index >= 15 is 0 Å². The highest BCUT2D eigenvalue weighted by Crippen LogP contribution is 2.44. The third kappa shape index (κ3) is 6.43. The Hall–Kier alpha value is 0.0300. The summed E-state index contributed by atoms with van der Waals surface area (Å²) in [7, 11) is -4.05. The van der Waals surface area contributed by atoms with E-state index in [1.54, 1.807) is 0 Å². The maximum absolute atomic E-state index is 10.8. The van der Waals surface area contributed by atoms with Crippen molar-refractivity contribution in [3.63, 3.8) is 0 Å². The molecule has 0 radical (unpaired) electrons. The van der Waals surface area contributed by atoms with Gasteiger partial charge in [-0.05, 0) is 13.8 Å². The van der Waals surface area contributed by atoms with Crippen molar-refractivity contribution < 1.29 is 18.5 Å². The number of phosphoric ester groups is 1. The van der Waals surface area contributed by atoms with Gasteiger partial charge < -0.3 is 16.4 Å². The smallest absolute Gasteiger partial charge is 0.306 e. The third-order valence-corrected chi connectivity index (χ3v) is 1.80. The normalized spacial score (nSPS) is 22.3. The minimum atomic E-state index is -4.05. The number of hydrogen-bond acceptors (Lipinski definition) is 5. The molecular formula is C4H13N2O4P. The molecule has 0 aliphatic heterocycles. The highest BCUT2D eigenvalue weighted by molar-refractivity contribution is 7.47. The van der Waals surface area contributed by atoms with Crippen LogP contribution in [0.5, 0.6) is 0 Å². The van der Waals surface area contributed by atoms with Crippen molar-refractivity contribution in [1.82, 2.24) is 0 Å². The van der Waals surface area contributed by atoms with Gasteiger partial charge in [0.1, 0.15) is 12.5 Å². The lowest BCUT2D eigenvalue weighted by atomic mass is 10.7. The zero-order chi connectivity index (χ0) is 9.07. The first-order valence-electron chi connectivity index (χ1n) is 3.04. The topological polar surface area (TPSA) is 108 Å². The summed E-state index contributed by atoms with van der Waals surface area (Å²) in [5.41, 5.74) is 10.2. The standard InChI is InChI=1S/C4H13N2O4P/c1-3(5)9-11(7,8)10-4(2)6/h3-4H,5-6H2,1-2H3,(H,7,8). The molecule has 0 bridgehead atoms. The van der Waals surface area contributed by atoms with Gasteiger partial charge in [0.25, 0.3) is 0 Å². The van der Waals surface area contributed by atoms with Crippen LogP contribution in [0.2, 0.25) is 0 Å². The van der Waals surface area contributed by atoms with E-state index in [1.807, 2.05) is 0 Å². The minimum absolute atomic E-state index is 0.857. The lowest BCUT2D eigenvalue weighted by Gasteiger charge is -2.15. The van der Waals surface area contributed by atoms with Gasteiger partial charge in [-0.3, -0.25) is 9.05 Å². The summed E-state index contributed by atoms with van der Waals surface area (Å²) >= 11 is 0. The predicted molar refractivity (Wildman–Crippen MR) is 39.3 cm³/mol. The number of phosphoric acid groups is 1. The quantitative estimate of drug-likeness (QED) is 0.410. The van der Waals surface area contributed by atoms with Crippen LogP contribution in [0.25, 0.3) is 0 Å². The first-order valence-corrected chi connectivity index (χ1v) is 4.54. The Morgan fingerprint density at radius 1 is 1.27 bits per heavy atom. The highest BCUT2D eigenvalue weighted by Gasteiger charge is 2.24. The van der Waals surface area contributed by atoms with Crippen molar-refractivity contribution in [3.05, 3.63) is 0 Å². The van der Waals surface area contributed by atoms with Crippen LogP contribution in [0, 0.1) is 0 Å². The summed E-state index contributed by atoms with van der Waals surface area (Å²) in [6.45, 7) is 2.82. The van der Waals surface area contributed by atoms with E-state index in [1.165, 1.54) is 13.8 Å². The summed E-state index contributed by atoms with van der Waals surface area (Å²) in [6.07, 6.45) is -1.71. The van der Waals surface area contributed by atoms with Crippen molar-refractivity contribution in [1.29, 1.82) is 0 Å². The molecule has 7 heteroatoms. The largest absolute Gasteiger partial charge is 0.475 e. The first-order chi connectivity index (χ1) is 4.83. The first kappa shape index (κ1) is 11.0. The fourth-order valence-corrected chi connectivity index (χ4v) is 1.34. The fourth-order valence-electron chi connectivity index (χ4n) is 0.445. The van der Waals surface area contributed by atoms with Gasteiger partial charge in [-0.25, -0.2) is 4.57 Å². The fraction of sp³-hybridized carbons (Fsp3) is 1.00. The van der Waals surface area contributed by atoms with E-state index in [0.29, 0.717) is 0 Å². The van der Waals surface area contributed by atoms with Crippen LogP contribution < -0.4 is 11.5 Å². The summed E-state index contributed by atoms with van der Waals surface area (Å²) in [5.74, 6) is 0. The maximum atomic E-state index is 10.8. The Morgan fingerprint density at radius 3 is 1.73 bits per heavy atom. The second kappa shape index (κ2) is 4.15. The molecule has 5 N–H and O–H groups in total. The number of rotatable bonds is 4. The molecule has 0 fully saturated rings. The Balaban J connectivity index is 3.91. The van der Waals surface area contributed by atoms with Gasteiger partial charge in [0, 0.05) is 0 Å². The molecule has 0 rings (SSSR count). The molecule has 68 valence electrons. The molecule has 6 nitrogen and oxygen atoms in total. The van der Waals surface area contributed by atoms with Gasteiger partial charge in [-0.2, -0.15) is 0 Å². The molecule has 0 saturated heterocycles. The van der Waals surface area contributed by atoms with E-state index in [0.717, 1.165) is 0 Å². The van der Waals surface area contributed by atoms with Crippen molar-refractivity contribution >= 4 is 7.82 Å². The van der Waals surface area contributed by atoms with Crippen LogP contribution in [0.3, 0.4) is 0 Å². The Bertz CT molecular complexity index is 146. The van der Waals surface area contributed by atoms with Crippen LogP contribution in [-0.2, 0) is 13.6 Å². The number of nitrogens with two attached hydrogens (primary N) is 2. The Labute approximate surface area is 65.1 Å². The Kier molecular flexibility index (Phi) is 4.17. The molecule has 2 unspecified atom stereocenters. The molecule has 0 aliphatic carbocycles. The minimum Gasteiger partial charge on any atom is -0.306 e. The van der Waals surface area contributed by atoms with E-state index in [2.05, 4.69) is 9.05 Å². The van der Waals surface area contributed by atoms with Crippen LogP contribution in [-0.4, -0.2) is 17.3 Å². The lowest BCUT2D eigenvalue weighted by Crippen LogP contribution is -2.22. The number of hydrogen-bond donors (Lipinski definition) is 3. The summed E-state index contributed by atoms with van der Waals surface area (Å²) < 4.78 is 19.5. The zero-order valence-corrected chi connectivity index (χ0v) is 7.32. The molecule has 0 spiro atoms. The van der Waals surface area contributed by atoms with Gasteiger partial charge >= 0.3 is 7.82 Å². The van der Waals surface area contributed by atoms with E-state index in [4.69, 9.17) is 16.4 Å². The molecule has 0 aliphatic rings. The molecule has 2 atom stereocenters. The third-order valence-electron chi connectivity index (χ3n) is 0.599. The summed E-state index contributed by atoms with van der Waals surface area (Å²) in [4.78, 5) is 8.81. The molecule has 0 aromatic heterocycles. The van der Waals surface area contributed by atoms with Crippen LogP contribution in [0.4, 0.5) is 0 Å². The SMILES string of the molecule is CC(N)OP(=O)(O)OC(C)N. The van der Waals surface area contributed by atoms with Gasteiger partial charge in [0.2, 0.25) is 0 Å². The molecule has 0 heterocycles. The average Bonchev–Trinajstić information content (AvgIpc) is 1.53. The molecular weight excluding hydrogens is 171 g/mol. The Morgan fingerprint density at radius 2 is 1.55 bits per heavy atom. The second-order valence-electron chi connectivity index (χ2n) is 2.09. The molecule has 11 heavy (non-hydrogen) atoms. The summed E-state index contributed by atoms with van der Waals surface area (Å²) in [5, 5.41) is 0. The predicted octanol–water partition coefficient (Wildman–Crippen LogP) is -0.271. The zero-order valence-electron chi connectivity index (χ0n) is 6.43. The average molecular weight is 184 g/mol. The van der Waals surface area contributed by atoms with Gasteiger partial charge in [0.15, 0.2) is 0 Å². The van der Waals surface area contributed by atoms with Crippen molar-refractivity contribution in [3.8, 4) is 0 Å². The van der Waals surface area contributed by atoms with Gasteiger partial charge in [-0.1, -0.05) is 0 Å². The van der Waals surface area contributed by atoms with Crippen molar-refractivity contribution in [2.24, 2.45) is 11.5 Å². The maximum Gasteiger partial charge on any atom is 0.475 e. The lowest BCUT2D eigenvalue weighted by molar-refractivity contribution is 0.0906. The van der Waals surface area contributed by atoms with Gasteiger partial charge in [-0.15, -0.1) is 0 Å². The van der Waals surface area contributed by atoms with Crippen molar-refractivity contribution in [2.75, 3.05) is 0 Å². The van der Waals surface area contributed by atoms with Crippen LogP contribution in [0.15, 0.2) is 0 Å². The molecule has 0 amide bonds. The molecule has 0 aromatic rings. The van der Waals surface area contributed by atoms with E-state index in [9.17, 15) is 4.57 Å².